The quantitative estimate of drug-likeness (QED) is 0.454. The molecule has 1 unspecified atom stereocenters. The molecule has 6 rings (SSSR count). The number of halogens is 1. The molecule has 2 aromatic heterocycles. The van der Waals surface area contributed by atoms with Crippen molar-refractivity contribution in [3.8, 4) is 11.4 Å². The third kappa shape index (κ3) is 2.08. The van der Waals surface area contributed by atoms with E-state index < -0.39 is 12.1 Å². The van der Waals surface area contributed by atoms with Crippen LogP contribution in [0.1, 0.15) is 58.7 Å². The van der Waals surface area contributed by atoms with E-state index in [0.29, 0.717) is 34.6 Å². The van der Waals surface area contributed by atoms with Gasteiger partial charge in [-0.1, -0.05) is 6.92 Å². The highest BCUT2D eigenvalue weighted by molar-refractivity contribution is 5.93. The van der Waals surface area contributed by atoms with E-state index in [1.807, 2.05) is 6.92 Å². The Bertz CT molecular complexity index is 1370. The molecule has 0 amide bonds. The lowest BCUT2D eigenvalue weighted by molar-refractivity contribution is -0.157. The predicted octanol–water partition coefficient (Wildman–Crippen LogP) is 3.01. The molecule has 0 fully saturated rings. The highest BCUT2D eigenvalue weighted by Crippen LogP contribution is 2.45. The first kappa shape index (κ1) is 17.8. The monoisotopic (exact) mass is 406 g/mol. The number of esters is 1. The number of aliphatic hydroxyl groups excluding tert-OH is 1. The second-order valence-electron chi connectivity index (χ2n) is 8.51. The van der Waals surface area contributed by atoms with Crippen LogP contribution in [0.3, 0.4) is 0 Å². The molecular weight excluding hydrogens is 387 g/mol. The van der Waals surface area contributed by atoms with Gasteiger partial charge >= 0.3 is 5.97 Å². The lowest BCUT2D eigenvalue weighted by Gasteiger charge is -2.26. The molecule has 4 heterocycles. The summed E-state index contributed by atoms with van der Waals surface area (Å²) in [6.07, 6.45) is 0.230. The largest absolute Gasteiger partial charge is 0.458 e. The Hall–Kier alpha value is -3.06. The van der Waals surface area contributed by atoms with Gasteiger partial charge in [0, 0.05) is 22.6 Å². The van der Waals surface area contributed by atoms with Crippen LogP contribution in [0, 0.1) is 12.7 Å². The number of ether oxygens (including phenoxy) is 1. The van der Waals surface area contributed by atoms with E-state index in [1.165, 1.54) is 6.07 Å². The highest BCUT2D eigenvalue weighted by atomic mass is 19.1. The SMILES string of the molecule is Cc1c(F)cc2nc3c(c4c2c1CC[C@H]4C)Cn1c-3cc2c(c1=O)COC(=O)C2O. The number of aromatic nitrogens is 2. The Morgan fingerprint density at radius 3 is 2.83 bits per heavy atom. The highest BCUT2D eigenvalue weighted by Gasteiger charge is 2.36. The summed E-state index contributed by atoms with van der Waals surface area (Å²) >= 11 is 0. The van der Waals surface area contributed by atoms with Crippen molar-refractivity contribution in [2.24, 2.45) is 0 Å². The number of cyclic esters (lactones) is 1. The zero-order chi connectivity index (χ0) is 20.9. The van der Waals surface area contributed by atoms with Gasteiger partial charge in [-0.15, -0.1) is 0 Å². The van der Waals surface area contributed by atoms with Crippen LogP contribution in [0.25, 0.3) is 22.3 Å². The van der Waals surface area contributed by atoms with Gasteiger partial charge in [0.25, 0.3) is 5.56 Å². The summed E-state index contributed by atoms with van der Waals surface area (Å²) in [7, 11) is 0. The molecule has 6 nitrogen and oxygen atoms in total. The van der Waals surface area contributed by atoms with E-state index >= 15 is 0 Å². The number of pyridine rings is 2. The lowest BCUT2D eigenvalue weighted by atomic mass is 9.79. The number of carbonyl (C=O) groups is 1. The van der Waals surface area contributed by atoms with E-state index in [1.54, 1.807) is 10.6 Å². The van der Waals surface area contributed by atoms with Crippen LogP contribution >= 0.6 is 0 Å². The summed E-state index contributed by atoms with van der Waals surface area (Å²) in [5.74, 6) is -0.774. The summed E-state index contributed by atoms with van der Waals surface area (Å²) in [4.78, 5) is 29.7. The Kier molecular flexibility index (Phi) is 3.41. The van der Waals surface area contributed by atoms with Crippen molar-refractivity contribution in [2.75, 3.05) is 0 Å². The van der Waals surface area contributed by atoms with Gasteiger partial charge in [0.15, 0.2) is 6.10 Å². The predicted molar refractivity (Wildman–Crippen MR) is 107 cm³/mol. The number of nitrogens with zero attached hydrogens (tertiary/aromatic N) is 2. The van der Waals surface area contributed by atoms with Crippen LogP contribution in [-0.4, -0.2) is 20.6 Å². The summed E-state index contributed by atoms with van der Waals surface area (Å²) in [6.45, 7) is 4.19. The fourth-order valence-corrected chi connectivity index (χ4v) is 5.33. The summed E-state index contributed by atoms with van der Waals surface area (Å²) < 4.78 is 21.2. The molecular formula is C23H19FN2O4. The topological polar surface area (TPSA) is 81.4 Å². The van der Waals surface area contributed by atoms with E-state index in [4.69, 9.17) is 9.72 Å². The molecule has 0 saturated carbocycles. The first-order valence-electron chi connectivity index (χ1n) is 10.1. The molecule has 152 valence electrons. The molecule has 30 heavy (non-hydrogen) atoms. The lowest BCUT2D eigenvalue weighted by Crippen LogP contribution is -2.32. The van der Waals surface area contributed by atoms with E-state index in [2.05, 4.69) is 6.92 Å². The zero-order valence-corrected chi connectivity index (χ0v) is 16.6. The van der Waals surface area contributed by atoms with Crippen LogP contribution in [0.5, 0.6) is 0 Å². The molecule has 2 aliphatic heterocycles. The van der Waals surface area contributed by atoms with Crippen LogP contribution < -0.4 is 5.56 Å². The minimum Gasteiger partial charge on any atom is -0.458 e. The van der Waals surface area contributed by atoms with Gasteiger partial charge < -0.3 is 14.4 Å². The maximum absolute atomic E-state index is 14.6. The van der Waals surface area contributed by atoms with Crippen molar-refractivity contribution in [3.63, 3.8) is 0 Å². The Labute approximate surface area is 170 Å². The Morgan fingerprint density at radius 1 is 1.23 bits per heavy atom. The molecule has 0 saturated heterocycles. The average molecular weight is 406 g/mol. The first-order valence-corrected chi connectivity index (χ1v) is 10.1. The molecule has 1 aliphatic carbocycles. The van der Waals surface area contributed by atoms with Crippen molar-refractivity contribution in [3.05, 3.63) is 61.7 Å². The number of fused-ring (bicyclic) bond motifs is 5. The van der Waals surface area contributed by atoms with E-state index in [-0.39, 0.29) is 29.5 Å². The maximum atomic E-state index is 14.6. The van der Waals surface area contributed by atoms with Crippen LogP contribution in [-0.2, 0) is 29.1 Å². The Morgan fingerprint density at radius 2 is 2.03 bits per heavy atom. The van der Waals surface area contributed by atoms with E-state index in [0.717, 1.165) is 34.9 Å². The number of hydrogen-bond acceptors (Lipinski definition) is 5. The second-order valence-corrected chi connectivity index (χ2v) is 8.51. The third-order valence-corrected chi connectivity index (χ3v) is 6.94. The number of hydrogen-bond donors (Lipinski definition) is 1. The zero-order valence-electron chi connectivity index (χ0n) is 16.6. The summed E-state index contributed by atoms with van der Waals surface area (Å²) in [5, 5.41) is 11.3. The van der Waals surface area contributed by atoms with Gasteiger partial charge in [-0.3, -0.25) is 4.79 Å². The number of rotatable bonds is 0. The van der Waals surface area contributed by atoms with Gasteiger partial charge in [-0.25, -0.2) is 14.2 Å². The molecule has 0 spiro atoms. The average Bonchev–Trinajstić information content (AvgIpc) is 3.09. The summed E-state index contributed by atoms with van der Waals surface area (Å²) in [6, 6.07) is 3.14. The smallest absolute Gasteiger partial charge is 0.340 e. The minimum absolute atomic E-state index is 0.145. The van der Waals surface area contributed by atoms with Crippen molar-refractivity contribution in [2.45, 2.75) is 51.9 Å². The van der Waals surface area contributed by atoms with Gasteiger partial charge in [-0.2, -0.15) is 0 Å². The molecule has 0 radical (unpaired) electrons. The molecule has 3 aliphatic rings. The van der Waals surface area contributed by atoms with Gasteiger partial charge in [0.2, 0.25) is 0 Å². The first-order chi connectivity index (χ1) is 14.4. The van der Waals surface area contributed by atoms with Crippen molar-refractivity contribution in [1.82, 2.24) is 9.55 Å². The van der Waals surface area contributed by atoms with Crippen molar-refractivity contribution < 1.29 is 19.0 Å². The molecule has 7 heteroatoms. The molecule has 0 bridgehead atoms. The van der Waals surface area contributed by atoms with Crippen LogP contribution in [0.4, 0.5) is 4.39 Å². The van der Waals surface area contributed by atoms with Crippen molar-refractivity contribution in [1.29, 1.82) is 0 Å². The fourth-order valence-electron chi connectivity index (χ4n) is 5.33. The second kappa shape index (κ2) is 5.76. The molecule has 1 aromatic carbocycles. The molecule has 3 aromatic rings. The maximum Gasteiger partial charge on any atom is 0.340 e. The number of carbonyl (C=O) groups excluding carboxylic acids is 1. The minimum atomic E-state index is -1.49. The van der Waals surface area contributed by atoms with Gasteiger partial charge in [0.05, 0.1) is 29.0 Å². The van der Waals surface area contributed by atoms with Gasteiger partial charge in [-0.05, 0) is 48.4 Å². The van der Waals surface area contributed by atoms with E-state index in [9.17, 15) is 19.1 Å². The van der Waals surface area contributed by atoms with Crippen LogP contribution in [0.15, 0.2) is 16.9 Å². The Balaban J connectivity index is 1.70. The van der Waals surface area contributed by atoms with Gasteiger partial charge in [0.1, 0.15) is 12.4 Å². The van der Waals surface area contributed by atoms with Crippen molar-refractivity contribution >= 4 is 16.9 Å². The standard InChI is InChI=1S/C23H19FN2O4/c1-9-3-4-11-10(2)15(24)6-16-19(11)18(9)13-7-26-17(20(13)25-16)5-12-14(22(26)28)8-30-23(29)21(12)27/h5-6,9,21,27H,3-4,7-8H2,1-2H3/t9-,21?/m1/s1. The normalized spacial score (nSPS) is 21.3. The molecule has 1 N–H and O–H groups in total. The summed E-state index contributed by atoms with van der Waals surface area (Å²) in [5.41, 5.74) is 5.84. The molecule has 2 atom stereocenters. The number of aryl methyl sites for hydroxylation is 1. The third-order valence-electron chi connectivity index (χ3n) is 6.94. The number of benzene rings is 1. The fraction of sp³-hybridized carbons (Fsp3) is 0.348. The van der Waals surface area contributed by atoms with Crippen LogP contribution in [0.2, 0.25) is 0 Å². The number of aliphatic hydroxyl groups is 1.